The Kier molecular flexibility index (Phi) is 5.92. The maximum absolute atomic E-state index is 12.5. The first-order valence-electron chi connectivity index (χ1n) is 10.3. The number of amides is 2. The summed E-state index contributed by atoms with van der Waals surface area (Å²) in [6.07, 6.45) is 0.410. The lowest BCUT2D eigenvalue weighted by atomic mass is 10.1. The zero-order valence-electron chi connectivity index (χ0n) is 16.9. The van der Waals surface area contributed by atoms with Crippen molar-refractivity contribution >= 4 is 23.2 Å². The van der Waals surface area contributed by atoms with Gasteiger partial charge in [0.1, 0.15) is 0 Å². The summed E-state index contributed by atoms with van der Waals surface area (Å²) in [5, 5.41) is 2.79. The fourth-order valence-corrected chi connectivity index (χ4v) is 4.16. The van der Waals surface area contributed by atoms with Crippen LogP contribution in [0.3, 0.4) is 0 Å². The van der Waals surface area contributed by atoms with E-state index in [1.165, 1.54) is 12.5 Å². The van der Waals surface area contributed by atoms with Gasteiger partial charge in [0.15, 0.2) is 0 Å². The summed E-state index contributed by atoms with van der Waals surface area (Å²) in [4.78, 5) is 30.6. The van der Waals surface area contributed by atoms with Gasteiger partial charge in [-0.15, -0.1) is 0 Å². The lowest BCUT2D eigenvalue weighted by Crippen LogP contribution is -2.48. The van der Waals surface area contributed by atoms with E-state index in [1.807, 2.05) is 23.1 Å². The number of carbonyl (C=O) groups is 2. The molecule has 1 saturated heterocycles. The Bertz CT molecular complexity index is 876. The molecule has 2 aliphatic heterocycles. The molecule has 0 saturated carbocycles. The number of hydrogen-bond donors (Lipinski definition) is 1. The van der Waals surface area contributed by atoms with Crippen molar-refractivity contribution in [3.8, 4) is 0 Å². The molecular formula is C23H28N4O2. The second-order valence-corrected chi connectivity index (χ2v) is 7.85. The molecule has 0 unspecified atom stereocenters. The first kappa shape index (κ1) is 19.6. The van der Waals surface area contributed by atoms with Crippen molar-refractivity contribution in [2.24, 2.45) is 0 Å². The van der Waals surface area contributed by atoms with Gasteiger partial charge in [0.25, 0.3) is 0 Å². The van der Waals surface area contributed by atoms with E-state index in [-0.39, 0.29) is 11.8 Å². The van der Waals surface area contributed by atoms with E-state index in [2.05, 4.69) is 45.4 Å². The number of nitrogens with zero attached hydrogens (tertiary/aromatic N) is 3. The van der Waals surface area contributed by atoms with Crippen LogP contribution in [-0.4, -0.2) is 60.9 Å². The molecule has 6 heteroatoms. The van der Waals surface area contributed by atoms with Crippen LogP contribution in [0.2, 0.25) is 0 Å². The number of piperazine rings is 1. The number of anilines is 2. The number of fused-ring (bicyclic) bond motifs is 1. The highest BCUT2D eigenvalue weighted by Gasteiger charge is 2.28. The average Bonchev–Trinajstić information content (AvgIpc) is 3.02. The van der Waals surface area contributed by atoms with E-state index in [9.17, 15) is 9.59 Å². The summed E-state index contributed by atoms with van der Waals surface area (Å²) in [5.41, 5.74) is 4.08. The van der Waals surface area contributed by atoms with Crippen molar-refractivity contribution < 1.29 is 9.59 Å². The highest BCUT2D eigenvalue weighted by Crippen LogP contribution is 2.31. The van der Waals surface area contributed by atoms with Gasteiger partial charge in [-0.2, -0.15) is 0 Å². The molecule has 0 spiro atoms. The average molecular weight is 393 g/mol. The topological polar surface area (TPSA) is 55.9 Å². The van der Waals surface area contributed by atoms with Crippen molar-refractivity contribution in [3.63, 3.8) is 0 Å². The van der Waals surface area contributed by atoms with Crippen LogP contribution in [0.25, 0.3) is 0 Å². The third-order valence-corrected chi connectivity index (χ3v) is 5.69. The van der Waals surface area contributed by atoms with Crippen LogP contribution in [0.4, 0.5) is 11.4 Å². The lowest BCUT2D eigenvalue weighted by Gasteiger charge is -2.35. The Morgan fingerprint density at radius 3 is 2.41 bits per heavy atom. The predicted octanol–water partition coefficient (Wildman–Crippen LogP) is 2.35. The molecule has 2 heterocycles. The van der Waals surface area contributed by atoms with Gasteiger partial charge in [0.2, 0.25) is 11.8 Å². The van der Waals surface area contributed by atoms with E-state index in [0.717, 1.165) is 56.2 Å². The zero-order valence-corrected chi connectivity index (χ0v) is 16.9. The Labute approximate surface area is 172 Å². The molecule has 0 aromatic heterocycles. The van der Waals surface area contributed by atoms with E-state index in [4.69, 9.17) is 0 Å². The molecule has 2 amide bonds. The predicted molar refractivity (Wildman–Crippen MR) is 115 cm³/mol. The normalized spacial score (nSPS) is 17.4. The third-order valence-electron chi connectivity index (χ3n) is 5.69. The van der Waals surface area contributed by atoms with Gasteiger partial charge in [-0.25, -0.2) is 0 Å². The van der Waals surface area contributed by atoms with Crippen LogP contribution in [0.5, 0.6) is 0 Å². The fraction of sp³-hybridized carbons (Fsp3) is 0.391. The lowest BCUT2D eigenvalue weighted by molar-refractivity contribution is -0.117. The molecule has 1 fully saturated rings. The maximum atomic E-state index is 12.5. The minimum absolute atomic E-state index is 0.0995. The monoisotopic (exact) mass is 392 g/mol. The Balaban J connectivity index is 1.28. The summed E-state index contributed by atoms with van der Waals surface area (Å²) in [5.74, 6) is 0.0419. The first-order chi connectivity index (χ1) is 14.1. The van der Waals surface area contributed by atoms with Crippen molar-refractivity contribution in [2.45, 2.75) is 19.9 Å². The molecule has 29 heavy (non-hydrogen) atoms. The van der Waals surface area contributed by atoms with Crippen LogP contribution in [-0.2, 0) is 22.6 Å². The van der Waals surface area contributed by atoms with Gasteiger partial charge in [0, 0.05) is 64.1 Å². The molecule has 2 aromatic rings. The number of nitrogens with one attached hydrogen (secondary N) is 1. The van der Waals surface area contributed by atoms with Crippen molar-refractivity contribution in [1.29, 1.82) is 0 Å². The van der Waals surface area contributed by atoms with E-state index < -0.39 is 0 Å². The van der Waals surface area contributed by atoms with Crippen molar-refractivity contribution in [2.75, 3.05) is 49.5 Å². The molecular weight excluding hydrogens is 364 g/mol. The molecule has 1 N–H and O–H groups in total. The minimum atomic E-state index is -0.0995. The largest absolute Gasteiger partial charge is 0.326 e. The van der Waals surface area contributed by atoms with Gasteiger partial charge < -0.3 is 10.2 Å². The fourth-order valence-electron chi connectivity index (χ4n) is 4.16. The molecule has 152 valence electrons. The maximum Gasteiger partial charge on any atom is 0.231 e. The second kappa shape index (κ2) is 8.76. The highest BCUT2D eigenvalue weighted by molar-refractivity contribution is 6.02. The van der Waals surface area contributed by atoms with Crippen LogP contribution in [0.15, 0.2) is 48.5 Å². The van der Waals surface area contributed by atoms with Crippen molar-refractivity contribution in [1.82, 2.24) is 9.80 Å². The quantitative estimate of drug-likeness (QED) is 0.820. The molecule has 2 aromatic carbocycles. The highest BCUT2D eigenvalue weighted by atomic mass is 16.2. The van der Waals surface area contributed by atoms with Gasteiger partial charge in [-0.3, -0.25) is 19.4 Å². The standard InChI is InChI=1S/C23H28N4O2/c1-18(28)24-21-7-8-22-20(15-21)16-23(29)27(22)14-13-25-9-11-26(12-10-25)17-19-5-3-2-4-6-19/h2-8,15H,9-14,16-17H2,1H3,(H,24,28). The smallest absolute Gasteiger partial charge is 0.231 e. The molecule has 0 atom stereocenters. The Morgan fingerprint density at radius 2 is 1.69 bits per heavy atom. The SMILES string of the molecule is CC(=O)Nc1ccc2c(c1)CC(=O)N2CCN1CCN(Cc2ccccc2)CC1. The van der Waals surface area contributed by atoms with Crippen molar-refractivity contribution in [3.05, 3.63) is 59.7 Å². The van der Waals surface area contributed by atoms with Crippen LogP contribution in [0, 0.1) is 0 Å². The summed E-state index contributed by atoms with van der Waals surface area (Å²) in [7, 11) is 0. The number of benzene rings is 2. The first-order valence-corrected chi connectivity index (χ1v) is 10.3. The minimum Gasteiger partial charge on any atom is -0.326 e. The summed E-state index contributed by atoms with van der Waals surface area (Å²) in [6, 6.07) is 16.3. The van der Waals surface area contributed by atoms with E-state index >= 15 is 0 Å². The van der Waals surface area contributed by atoms with E-state index in [1.54, 1.807) is 0 Å². The Morgan fingerprint density at radius 1 is 0.966 bits per heavy atom. The van der Waals surface area contributed by atoms with Gasteiger partial charge >= 0.3 is 0 Å². The third kappa shape index (κ3) is 4.83. The molecule has 0 bridgehead atoms. The summed E-state index contributed by atoms with van der Waals surface area (Å²) >= 11 is 0. The second-order valence-electron chi connectivity index (χ2n) is 7.85. The van der Waals surface area contributed by atoms with Crippen LogP contribution >= 0.6 is 0 Å². The van der Waals surface area contributed by atoms with Gasteiger partial charge in [-0.1, -0.05) is 30.3 Å². The van der Waals surface area contributed by atoms with Gasteiger partial charge in [-0.05, 0) is 29.3 Å². The van der Waals surface area contributed by atoms with E-state index in [0.29, 0.717) is 13.0 Å². The van der Waals surface area contributed by atoms with Crippen LogP contribution in [0.1, 0.15) is 18.1 Å². The number of rotatable bonds is 6. The van der Waals surface area contributed by atoms with Crippen LogP contribution < -0.4 is 10.2 Å². The molecule has 2 aliphatic rings. The Hall–Kier alpha value is -2.70. The zero-order chi connectivity index (χ0) is 20.2. The molecule has 0 aliphatic carbocycles. The van der Waals surface area contributed by atoms with Gasteiger partial charge in [0.05, 0.1) is 6.42 Å². The summed E-state index contributed by atoms with van der Waals surface area (Å²) < 4.78 is 0. The molecule has 6 nitrogen and oxygen atoms in total. The molecule has 0 radical (unpaired) electrons. The summed E-state index contributed by atoms with van der Waals surface area (Å²) in [6.45, 7) is 8.26. The number of carbonyl (C=O) groups excluding carboxylic acids is 2. The molecule has 4 rings (SSSR count). The number of hydrogen-bond acceptors (Lipinski definition) is 4.